The van der Waals surface area contributed by atoms with Gasteiger partial charge in [-0.15, -0.1) is 0 Å². The van der Waals surface area contributed by atoms with Crippen molar-refractivity contribution in [3.8, 4) is 11.5 Å². The van der Waals surface area contributed by atoms with Gasteiger partial charge < -0.3 is 19.3 Å². The maximum atomic E-state index is 5.39. The normalized spacial score (nSPS) is 26.0. The summed E-state index contributed by atoms with van der Waals surface area (Å²) in [6, 6.07) is 7.17. The van der Waals surface area contributed by atoms with Gasteiger partial charge in [0.05, 0.1) is 46.4 Å². The van der Waals surface area contributed by atoms with Crippen molar-refractivity contribution in [2.75, 3.05) is 40.4 Å². The van der Waals surface area contributed by atoms with E-state index in [0.717, 1.165) is 24.1 Å². The van der Waals surface area contributed by atoms with Crippen LogP contribution in [0.15, 0.2) is 18.2 Å². The molecule has 23 heavy (non-hydrogen) atoms. The molecule has 1 aromatic carbocycles. The van der Waals surface area contributed by atoms with Crippen LogP contribution >= 0.6 is 0 Å². The summed E-state index contributed by atoms with van der Waals surface area (Å²) < 4.78 is 10.8. The van der Waals surface area contributed by atoms with Crippen LogP contribution in [0.2, 0.25) is 0 Å². The van der Waals surface area contributed by atoms with Gasteiger partial charge in [-0.2, -0.15) is 0 Å². The zero-order valence-corrected chi connectivity index (χ0v) is 14.7. The number of rotatable bonds is 5. The fourth-order valence-electron chi connectivity index (χ4n) is 4.28. The van der Waals surface area contributed by atoms with Crippen LogP contribution in [0, 0.1) is 0 Å². The second kappa shape index (κ2) is 8.02. The molecule has 0 aromatic heterocycles. The van der Waals surface area contributed by atoms with Gasteiger partial charge in [0.25, 0.3) is 0 Å². The summed E-state index contributed by atoms with van der Waals surface area (Å²) in [5.74, 6) is 1.79. The SMILES string of the molecule is COc1cc(C[NH+]2CCC([NH+]3CCCCC3)CC2)cc(OC)c1. The van der Waals surface area contributed by atoms with Crippen LogP contribution in [-0.2, 0) is 6.54 Å². The Balaban J connectivity index is 1.54. The lowest BCUT2D eigenvalue weighted by Gasteiger charge is -2.36. The standard InChI is InChI=1S/C19H30N2O2/c1-22-18-12-16(13-19(14-18)23-2)15-20-10-6-17(7-11-20)21-8-4-3-5-9-21/h12-14,17H,3-11,15H2,1-2H3/p+2. The van der Waals surface area contributed by atoms with Crippen molar-refractivity contribution >= 4 is 0 Å². The number of benzene rings is 1. The average molecular weight is 320 g/mol. The minimum Gasteiger partial charge on any atom is -0.497 e. The summed E-state index contributed by atoms with van der Waals surface area (Å²) in [5.41, 5.74) is 1.32. The number of ether oxygens (including phenoxy) is 2. The zero-order valence-electron chi connectivity index (χ0n) is 14.7. The Hall–Kier alpha value is -1.26. The van der Waals surface area contributed by atoms with Crippen molar-refractivity contribution in [3.05, 3.63) is 23.8 Å². The van der Waals surface area contributed by atoms with Gasteiger partial charge in [-0.1, -0.05) is 0 Å². The van der Waals surface area contributed by atoms with Gasteiger partial charge in [-0.3, -0.25) is 0 Å². The topological polar surface area (TPSA) is 27.3 Å². The second-order valence-corrected chi connectivity index (χ2v) is 7.14. The lowest BCUT2D eigenvalue weighted by molar-refractivity contribution is -0.965. The lowest BCUT2D eigenvalue weighted by Crippen LogP contribution is -3.20. The molecule has 0 spiro atoms. The Bertz CT molecular complexity index is 470. The fourth-order valence-corrected chi connectivity index (χ4v) is 4.28. The Labute approximate surface area is 140 Å². The summed E-state index contributed by atoms with van der Waals surface area (Å²) in [7, 11) is 3.44. The van der Waals surface area contributed by atoms with Crippen molar-refractivity contribution in [3.63, 3.8) is 0 Å². The highest BCUT2D eigenvalue weighted by Gasteiger charge is 2.30. The smallest absolute Gasteiger partial charge is 0.123 e. The third kappa shape index (κ3) is 4.39. The predicted molar refractivity (Wildman–Crippen MR) is 91.5 cm³/mol. The fraction of sp³-hybridized carbons (Fsp3) is 0.684. The molecular formula is C19H32N2O2+2. The van der Waals surface area contributed by atoms with Gasteiger partial charge in [-0.05, 0) is 31.4 Å². The first-order valence-electron chi connectivity index (χ1n) is 9.18. The van der Waals surface area contributed by atoms with Crippen LogP contribution < -0.4 is 19.3 Å². The highest BCUT2D eigenvalue weighted by molar-refractivity contribution is 5.38. The van der Waals surface area contributed by atoms with Crippen molar-refractivity contribution in [1.82, 2.24) is 0 Å². The van der Waals surface area contributed by atoms with Crippen molar-refractivity contribution in [2.45, 2.75) is 44.7 Å². The number of hydrogen-bond acceptors (Lipinski definition) is 2. The number of quaternary nitrogens is 2. The average Bonchev–Trinajstić information content (AvgIpc) is 2.62. The Kier molecular flexibility index (Phi) is 5.79. The molecule has 0 aliphatic carbocycles. The molecule has 0 saturated carbocycles. The molecule has 0 atom stereocenters. The van der Waals surface area contributed by atoms with Gasteiger partial charge in [0.2, 0.25) is 0 Å². The molecular weight excluding hydrogens is 288 g/mol. The van der Waals surface area contributed by atoms with E-state index in [9.17, 15) is 0 Å². The van der Waals surface area contributed by atoms with Crippen LogP contribution in [0.5, 0.6) is 11.5 Å². The van der Waals surface area contributed by atoms with Gasteiger partial charge in [0, 0.05) is 24.5 Å². The molecule has 2 aliphatic heterocycles. The number of nitrogens with one attached hydrogen (secondary N) is 2. The maximum absolute atomic E-state index is 5.39. The summed E-state index contributed by atoms with van der Waals surface area (Å²) in [6.07, 6.45) is 7.08. The Morgan fingerprint density at radius 3 is 2.04 bits per heavy atom. The number of piperidine rings is 2. The molecule has 0 radical (unpaired) electrons. The summed E-state index contributed by atoms with van der Waals surface area (Å²) in [5, 5.41) is 0. The van der Waals surface area contributed by atoms with E-state index >= 15 is 0 Å². The molecule has 0 amide bonds. The van der Waals surface area contributed by atoms with Gasteiger partial charge in [0.15, 0.2) is 0 Å². The van der Waals surface area contributed by atoms with Crippen LogP contribution in [0.25, 0.3) is 0 Å². The van der Waals surface area contributed by atoms with E-state index in [1.165, 1.54) is 63.8 Å². The lowest BCUT2D eigenvalue weighted by atomic mass is 9.99. The van der Waals surface area contributed by atoms with E-state index in [0.29, 0.717) is 0 Å². The molecule has 2 saturated heterocycles. The molecule has 2 fully saturated rings. The quantitative estimate of drug-likeness (QED) is 0.818. The molecule has 3 rings (SSSR count). The van der Waals surface area contributed by atoms with E-state index in [1.807, 2.05) is 11.0 Å². The third-order valence-electron chi connectivity index (χ3n) is 5.63. The molecule has 0 unspecified atom stereocenters. The third-order valence-corrected chi connectivity index (χ3v) is 5.63. The number of methoxy groups -OCH3 is 2. The number of hydrogen-bond donors (Lipinski definition) is 2. The molecule has 0 bridgehead atoms. The first-order valence-corrected chi connectivity index (χ1v) is 9.18. The largest absolute Gasteiger partial charge is 0.497 e. The maximum Gasteiger partial charge on any atom is 0.123 e. The molecule has 2 heterocycles. The van der Waals surface area contributed by atoms with E-state index in [-0.39, 0.29) is 0 Å². The van der Waals surface area contributed by atoms with E-state index < -0.39 is 0 Å². The molecule has 2 N–H and O–H groups in total. The van der Waals surface area contributed by atoms with Crippen LogP contribution in [0.4, 0.5) is 0 Å². The van der Waals surface area contributed by atoms with Gasteiger partial charge in [0.1, 0.15) is 18.0 Å². The van der Waals surface area contributed by atoms with Gasteiger partial charge >= 0.3 is 0 Å². The Morgan fingerprint density at radius 1 is 0.870 bits per heavy atom. The summed E-state index contributed by atoms with van der Waals surface area (Å²) in [6.45, 7) is 6.50. The molecule has 4 nitrogen and oxygen atoms in total. The van der Waals surface area contributed by atoms with E-state index in [2.05, 4.69) is 12.1 Å². The predicted octanol–water partition coefficient (Wildman–Crippen LogP) is 0.320. The van der Waals surface area contributed by atoms with Crippen molar-refractivity contribution in [2.24, 2.45) is 0 Å². The number of likely N-dealkylation sites (tertiary alicyclic amines) is 2. The van der Waals surface area contributed by atoms with Gasteiger partial charge in [-0.25, -0.2) is 0 Å². The van der Waals surface area contributed by atoms with Crippen molar-refractivity contribution < 1.29 is 19.3 Å². The van der Waals surface area contributed by atoms with E-state index in [1.54, 1.807) is 19.1 Å². The first kappa shape index (κ1) is 16.6. The molecule has 2 aliphatic rings. The van der Waals surface area contributed by atoms with E-state index in [4.69, 9.17) is 9.47 Å². The second-order valence-electron chi connectivity index (χ2n) is 7.14. The zero-order chi connectivity index (χ0) is 16.1. The molecule has 128 valence electrons. The monoisotopic (exact) mass is 320 g/mol. The first-order chi connectivity index (χ1) is 11.3. The molecule has 1 aromatic rings. The minimum absolute atomic E-state index is 0.895. The highest BCUT2D eigenvalue weighted by atomic mass is 16.5. The van der Waals surface area contributed by atoms with Crippen LogP contribution in [0.3, 0.4) is 0 Å². The van der Waals surface area contributed by atoms with Crippen LogP contribution in [-0.4, -0.2) is 46.4 Å². The minimum atomic E-state index is 0.895. The highest BCUT2D eigenvalue weighted by Crippen LogP contribution is 2.22. The summed E-state index contributed by atoms with van der Waals surface area (Å²) in [4.78, 5) is 3.59. The Morgan fingerprint density at radius 2 is 1.48 bits per heavy atom. The van der Waals surface area contributed by atoms with Crippen LogP contribution in [0.1, 0.15) is 37.7 Å². The summed E-state index contributed by atoms with van der Waals surface area (Å²) >= 11 is 0. The molecule has 4 heteroatoms. The van der Waals surface area contributed by atoms with Crippen molar-refractivity contribution in [1.29, 1.82) is 0 Å².